The van der Waals surface area contributed by atoms with Crippen LogP contribution < -0.4 is 9.64 Å². The van der Waals surface area contributed by atoms with Crippen LogP contribution in [0.5, 0.6) is 5.75 Å². The lowest BCUT2D eigenvalue weighted by Gasteiger charge is -2.28. The van der Waals surface area contributed by atoms with Crippen molar-refractivity contribution in [3.8, 4) is 16.9 Å². The first-order valence-electron chi connectivity index (χ1n) is 12.1. The van der Waals surface area contributed by atoms with Crippen molar-refractivity contribution in [1.82, 2.24) is 0 Å². The summed E-state index contributed by atoms with van der Waals surface area (Å²) in [4.78, 5) is 13.5. The third kappa shape index (κ3) is 9.30. The van der Waals surface area contributed by atoms with Crippen molar-refractivity contribution in [2.75, 3.05) is 37.8 Å². The molecule has 0 aliphatic carbocycles. The Bertz CT molecular complexity index is 874. The predicted molar refractivity (Wildman–Crippen MR) is 137 cm³/mol. The minimum atomic E-state index is -0.947. The standard InChI is InChI=1S/C28H39NO4/c1-5-7-17-32-18-19-33-26-12-8-23(9-13-26)24-10-14-27(25(20-24)11-15-28(30)31)29(16-6-2)21-22(3)4/h8-15,20,22H,5-7,16-19,21H2,1-4H3,(H,30,31)/b15-11+. The van der Waals surface area contributed by atoms with Gasteiger partial charge < -0.3 is 19.5 Å². The number of nitrogens with zero attached hydrogens (tertiary/aromatic N) is 1. The highest BCUT2D eigenvalue weighted by molar-refractivity contribution is 5.88. The van der Waals surface area contributed by atoms with Crippen molar-refractivity contribution in [3.05, 3.63) is 54.1 Å². The number of carboxylic acid groups (broad SMARTS) is 1. The second kappa shape index (κ2) is 14.4. The fourth-order valence-electron chi connectivity index (χ4n) is 3.65. The minimum Gasteiger partial charge on any atom is -0.491 e. The lowest BCUT2D eigenvalue weighted by atomic mass is 10.00. The average Bonchev–Trinajstić information content (AvgIpc) is 2.79. The van der Waals surface area contributed by atoms with Gasteiger partial charge in [0, 0.05) is 31.5 Å². The maximum absolute atomic E-state index is 11.2. The van der Waals surface area contributed by atoms with Crippen molar-refractivity contribution < 1.29 is 19.4 Å². The molecule has 0 heterocycles. The van der Waals surface area contributed by atoms with E-state index in [0.29, 0.717) is 19.1 Å². The number of benzene rings is 2. The van der Waals surface area contributed by atoms with Gasteiger partial charge in [-0.05, 0) is 65.8 Å². The van der Waals surface area contributed by atoms with Gasteiger partial charge in [-0.15, -0.1) is 0 Å². The maximum Gasteiger partial charge on any atom is 0.328 e. The monoisotopic (exact) mass is 453 g/mol. The summed E-state index contributed by atoms with van der Waals surface area (Å²) in [5.41, 5.74) is 4.08. The van der Waals surface area contributed by atoms with E-state index in [-0.39, 0.29) is 0 Å². The highest BCUT2D eigenvalue weighted by Gasteiger charge is 2.13. The van der Waals surface area contributed by atoms with E-state index in [4.69, 9.17) is 9.47 Å². The van der Waals surface area contributed by atoms with Gasteiger partial charge in [-0.1, -0.05) is 52.3 Å². The Hall–Kier alpha value is -2.79. The normalized spacial score (nSPS) is 11.3. The quantitative estimate of drug-likeness (QED) is 0.246. The highest BCUT2D eigenvalue weighted by atomic mass is 16.5. The van der Waals surface area contributed by atoms with E-state index in [9.17, 15) is 9.90 Å². The van der Waals surface area contributed by atoms with Gasteiger partial charge in [0.2, 0.25) is 0 Å². The first-order valence-corrected chi connectivity index (χ1v) is 12.1. The average molecular weight is 454 g/mol. The molecule has 180 valence electrons. The molecule has 5 nitrogen and oxygen atoms in total. The first-order chi connectivity index (χ1) is 15.9. The van der Waals surface area contributed by atoms with Crippen LogP contribution in [0, 0.1) is 5.92 Å². The van der Waals surface area contributed by atoms with Gasteiger partial charge in [0.25, 0.3) is 0 Å². The van der Waals surface area contributed by atoms with Crippen LogP contribution in [0.1, 0.15) is 52.5 Å². The van der Waals surface area contributed by atoms with Gasteiger partial charge in [-0.3, -0.25) is 0 Å². The van der Waals surface area contributed by atoms with Gasteiger partial charge in [0.15, 0.2) is 0 Å². The summed E-state index contributed by atoms with van der Waals surface area (Å²) in [6.45, 7) is 12.5. The smallest absolute Gasteiger partial charge is 0.328 e. The molecule has 5 heteroatoms. The Morgan fingerprint density at radius 3 is 2.36 bits per heavy atom. The van der Waals surface area contributed by atoms with E-state index in [0.717, 1.165) is 67.1 Å². The number of hydrogen-bond acceptors (Lipinski definition) is 4. The van der Waals surface area contributed by atoms with Crippen LogP contribution in [-0.4, -0.2) is 44.0 Å². The number of ether oxygens (including phenoxy) is 2. The van der Waals surface area contributed by atoms with E-state index >= 15 is 0 Å². The van der Waals surface area contributed by atoms with Crippen LogP contribution in [0.25, 0.3) is 17.2 Å². The molecule has 1 N–H and O–H groups in total. The second-order valence-corrected chi connectivity index (χ2v) is 8.62. The number of unbranched alkanes of at least 4 members (excludes halogenated alkanes) is 1. The van der Waals surface area contributed by atoms with E-state index in [1.807, 2.05) is 24.3 Å². The Morgan fingerprint density at radius 2 is 1.73 bits per heavy atom. The topological polar surface area (TPSA) is 59.0 Å². The zero-order valence-electron chi connectivity index (χ0n) is 20.5. The first kappa shape index (κ1) is 26.5. The SMILES string of the molecule is CCCCOCCOc1ccc(-c2ccc(N(CCC)CC(C)C)c(/C=C/C(=O)O)c2)cc1. The predicted octanol–water partition coefficient (Wildman–Crippen LogP) is 6.52. The zero-order chi connectivity index (χ0) is 24.1. The highest BCUT2D eigenvalue weighted by Crippen LogP contribution is 2.30. The van der Waals surface area contributed by atoms with Gasteiger partial charge in [0.05, 0.1) is 6.61 Å². The number of carboxylic acids is 1. The molecule has 0 saturated carbocycles. The molecular formula is C28H39NO4. The molecule has 0 bridgehead atoms. The van der Waals surface area contributed by atoms with Crippen molar-refractivity contribution in [1.29, 1.82) is 0 Å². The number of rotatable bonds is 15. The van der Waals surface area contributed by atoms with Crippen LogP contribution >= 0.6 is 0 Å². The third-order valence-corrected chi connectivity index (χ3v) is 5.18. The molecule has 0 atom stereocenters. The number of carbonyl (C=O) groups is 1. The maximum atomic E-state index is 11.2. The van der Waals surface area contributed by atoms with Crippen molar-refractivity contribution in [2.24, 2.45) is 5.92 Å². The van der Waals surface area contributed by atoms with Crippen LogP contribution in [-0.2, 0) is 9.53 Å². The molecule has 2 rings (SSSR count). The number of anilines is 1. The fraction of sp³-hybridized carbons (Fsp3) is 0.464. The zero-order valence-corrected chi connectivity index (χ0v) is 20.5. The number of aliphatic carboxylic acids is 1. The third-order valence-electron chi connectivity index (χ3n) is 5.18. The molecule has 0 spiro atoms. The Morgan fingerprint density at radius 1 is 1.00 bits per heavy atom. The Balaban J connectivity index is 2.19. The van der Waals surface area contributed by atoms with Gasteiger partial charge in [-0.25, -0.2) is 4.79 Å². The number of hydrogen-bond donors (Lipinski definition) is 1. The Kier molecular flexibility index (Phi) is 11.5. The lowest BCUT2D eigenvalue weighted by molar-refractivity contribution is -0.131. The van der Waals surface area contributed by atoms with Crippen molar-refractivity contribution in [2.45, 2.75) is 47.0 Å². The van der Waals surface area contributed by atoms with Crippen LogP contribution in [0.3, 0.4) is 0 Å². The molecule has 0 aliphatic rings. The molecule has 2 aromatic rings. The van der Waals surface area contributed by atoms with E-state index < -0.39 is 5.97 Å². The lowest BCUT2D eigenvalue weighted by Crippen LogP contribution is -2.29. The summed E-state index contributed by atoms with van der Waals surface area (Å²) in [7, 11) is 0. The minimum absolute atomic E-state index is 0.511. The summed E-state index contributed by atoms with van der Waals surface area (Å²) in [6, 6.07) is 14.3. The second-order valence-electron chi connectivity index (χ2n) is 8.62. The molecule has 0 aliphatic heterocycles. The van der Waals surface area contributed by atoms with E-state index in [1.165, 1.54) is 6.08 Å². The van der Waals surface area contributed by atoms with Crippen LogP contribution in [0.2, 0.25) is 0 Å². The van der Waals surface area contributed by atoms with Gasteiger partial charge in [-0.2, -0.15) is 0 Å². The fourth-order valence-corrected chi connectivity index (χ4v) is 3.65. The van der Waals surface area contributed by atoms with E-state index in [2.05, 4.69) is 50.8 Å². The molecule has 0 unspecified atom stereocenters. The van der Waals surface area contributed by atoms with Crippen LogP contribution in [0.15, 0.2) is 48.5 Å². The van der Waals surface area contributed by atoms with Gasteiger partial charge >= 0.3 is 5.97 Å². The van der Waals surface area contributed by atoms with Gasteiger partial charge in [0.1, 0.15) is 12.4 Å². The molecule has 0 fully saturated rings. The van der Waals surface area contributed by atoms with Crippen molar-refractivity contribution in [3.63, 3.8) is 0 Å². The molecule has 0 saturated heterocycles. The molecule has 0 aromatic heterocycles. The largest absolute Gasteiger partial charge is 0.491 e. The molecule has 0 amide bonds. The Labute approximate surface area is 199 Å². The van der Waals surface area contributed by atoms with E-state index in [1.54, 1.807) is 6.08 Å². The summed E-state index contributed by atoms with van der Waals surface area (Å²) in [5.74, 6) is 0.376. The summed E-state index contributed by atoms with van der Waals surface area (Å²) in [6.07, 6.45) is 6.14. The molecule has 33 heavy (non-hydrogen) atoms. The van der Waals surface area contributed by atoms with Crippen molar-refractivity contribution >= 4 is 17.7 Å². The summed E-state index contributed by atoms with van der Waals surface area (Å²) in [5, 5.41) is 9.18. The summed E-state index contributed by atoms with van der Waals surface area (Å²) >= 11 is 0. The molecule has 0 radical (unpaired) electrons. The van der Waals surface area contributed by atoms with Crippen LogP contribution in [0.4, 0.5) is 5.69 Å². The summed E-state index contributed by atoms with van der Waals surface area (Å²) < 4.78 is 11.3. The molecular weight excluding hydrogens is 414 g/mol. The molecule has 2 aromatic carbocycles.